The third-order valence-corrected chi connectivity index (χ3v) is 1.14. The summed E-state index contributed by atoms with van der Waals surface area (Å²) in [5.41, 5.74) is 0. The summed E-state index contributed by atoms with van der Waals surface area (Å²) in [7, 11) is 0. The maximum Gasteiger partial charge on any atom is 0.417 e. The van der Waals surface area contributed by atoms with Crippen molar-refractivity contribution < 1.29 is 26.7 Å². The number of alkyl halides is 5. The molecule has 0 radical (unpaired) electrons. The summed E-state index contributed by atoms with van der Waals surface area (Å²) in [6, 6.07) is 0. The zero-order valence-corrected chi connectivity index (χ0v) is 4.53. The van der Waals surface area contributed by atoms with Crippen LogP contribution in [0.15, 0.2) is 0 Å². The first kappa shape index (κ1) is 7.71. The number of rotatable bonds is 0. The maximum atomic E-state index is 11.9. The zero-order chi connectivity index (χ0) is 7.94. The summed E-state index contributed by atoms with van der Waals surface area (Å²) < 4.78 is 61.1. The van der Waals surface area contributed by atoms with E-state index >= 15 is 0 Å². The second kappa shape index (κ2) is 2.05. The summed E-state index contributed by atoms with van der Waals surface area (Å²) in [6.07, 6.45) is -12.3. The molecule has 0 aromatic heterocycles. The second-order valence-electron chi connectivity index (χ2n) is 1.89. The molecule has 0 amide bonds. The molecule has 0 aromatic carbocycles. The molecular formula is C4H3F5O. The average Bonchev–Trinajstić information content (AvgIpc) is 1.79. The monoisotopic (exact) mass is 162 g/mol. The lowest BCUT2D eigenvalue weighted by Crippen LogP contribution is -2.56. The highest BCUT2D eigenvalue weighted by Crippen LogP contribution is 2.37. The molecule has 10 heavy (non-hydrogen) atoms. The largest absolute Gasteiger partial charge is 0.417 e. The molecule has 1 aliphatic rings. The minimum atomic E-state index is -4.79. The van der Waals surface area contributed by atoms with E-state index in [-0.39, 0.29) is 0 Å². The lowest BCUT2D eigenvalue weighted by molar-refractivity contribution is -0.346. The Morgan fingerprint density at radius 2 is 1.60 bits per heavy atom. The van der Waals surface area contributed by atoms with E-state index in [0.29, 0.717) is 0 Å². The molecule has 1 saturated heterocycles. The van der Waals surface area contributed by atoms with Crippen LogP contribution in [0.4, 0.5) is 22.0 Å². The second-order valence-corrected chi connectivity index (χ2v) is 1.89. The number of hydrogen-bond donors (Lipinski definition) is 0. The standard InChI is InChI=1S/C4H3F5O/c5-1-2(4(7,8)9)10-3(1)6/h1-3H/t1-,2+,3-/m1/s1. The van der Waals surface area contributed by atoms with Crippen LogP contribution < -0.4 is 0 Å². The van der Waals surface area contributed by atoms with Crippen LogP contribution in [0, 0.1) is 0 Å². The van der Waals surface area contributed by atoms with Gasteiger partial charge in [0.25, 0.3) is 0 Å². The van der Waals surface area contributed by atoms with Gasteiger partial charge in [0.05, 0.1) is 0 Å². The van der Waals surface area contributed by atoms with E-state index in [1.807, 2.05) is 0 Å². The smallest absolute Gasteiger partial charge is 0.329 e. The van der Waals surface area contributed by atoms with Crippen LogP contribution in [-0.4, -0.2) is 24.8 Å². The predicted molar refractivity (Wildman–Crippen MR) is 20.7 cm³/mol. The minimum Gasteiger partial charge on any atom is -0.329 e. The molecule has 1 aliphatic heterocycles. The van der Waals surface area contributed by atoms with Gasteiger partial charge in [-0.3, -0.25) is 0 Å². The number of ether oxygens (including phenoxy) is 1. The molecule has 0 unspecified atom stereocenters. The van der Waals surface area contributed by atoms with Crippen molar-refractivity contribution in [3.05, 3.63) is 0 Å². The molecule has 6 heteroatoms. The minimum absolute atomic E-state index is 2.41. The van der Waals surface area contributed by atoms with E-state index in [1.165, 1.54) is 0 Å². The maximum absolute atomic E-state index is 11.9. The molecule has 1 nitrogen and oxygen atoms in total. The van der Waals surface area contributed by atoms with Gasteiger partial charge in [0.15, 0.2) is 12.3 Å². The zero-order valence-electron chi connectivity index (χ0n) is 4.53. The van der Waals surface area contributed by atoms with Crippen molar-refractivity contribution in [2.45, 2.75) is 24.8 Å². The van der Waals surface area contributed by atoms with E-state index in [2.05, 4.69) is 4.74 Å². The lowest BCUT2D eigenvalue weighted by atomic mass is 10.1. The molecule has 0 aliphatic carbocycles. The molecule has 0 bridgehead atoms. The Labute approximate surface area is 52.8 Å². The van der Waals surface area contributed by atoms with E-state index < -0.39 is 24.8 Å². The van der Waals surface area contributed by atoms with Crippen molar-refractivity contribution in [1.82, 2.24) is 0 Å². The van der Waals surface area contributed by atoms with Gasteiger partial charge in [0.2, 0.25) is 6.36 Å². The van der Waals surface area contributed by atoms with Crippen molar-refractivity contribution in [2.75, 3.05) is 0 Å². The Balaban J connectivity index is 2.48. The Morgan fingerprint density at radius 3 is 1.70 bits per heavy atom. The summed E-state index contributed by atoms with van der Waals surface area (Å²) in [5.74, 6) is 0. The van der Waals surface area contributed by atoms with Gasteiger partial charge in [-0.15, -0.1) is 0 Å². The van der Waals surface area contributed by atoms with Gasteiger partial charge in [-0.1, -0.05) is 0 Å². The van der Waals surface area contributed by atoms with Crippen LogP contribution >= 0.6 is 0 Å². The lowest BCUT2D eigenvalue weighted by Gasteiger charge is -2.35. The highest BCUT2D eigenvalue weighted by Gasteiger charge is 2.58. The van der Waals surface area contributed by atoms with Crippen molar-refractivity contribution >= 4 is 0 Å². The first-order valence-corrected chi connectivity index (χ1v) is 2.43. The highest BCUT2D eigenvalue weighted by molar-refractivity contribution is 4.87. The number of halogens is 5. The van der Waals surface area contributed by atoms with Crippen LogP contribution in [0.3, 0.4) is 0 Å². The molecule has 0 saturated carbocycles. The van der Waals surface area contributed by atoms with E-state index in [9.17, 15) is 22.0 Å². The van der Waals surface area contributed by atoms with Gasteiger partial charge < -0.3 is 4.74 Å². The first-order chi connectivity index (χ1) is 4.43. The fourth-order valence-electron chi connectivity index (χ4n) is 0.596. The molecular weight excluding hydrogens is 159 g/mol. The molecule has 1 heterocycles. The molecule has 1 rings (SSSR count). The molecule has 0 aromatic rings. The molecule has 0 spiro atoms. The Hall–Kier alpha value is -0.390. The summed E-state index contributed by atoms with van der Waals surface area (Å²) in [6.45, 7) is 0. The van der Waals surface area contributed by atoms with Crippen molar-refractivity contribution in [3.63, 3.8) is 0 Å². The van der Waals surface area contributed by atoms with Gasteiger partial charge in [0, 0.05) is 0 Å². The quantitative estimate of drug-likeness (QED) is 0.491. The normalized spacial score (nSPS) is 41.1. The first-order valence-electron chi connectivity index (χ1n) is 2.43. The van der Waals surface area contributed by atoms with Crippen molar-refractivity contribution in [3.8, 4) is 0 Å². The predicted octanol–water partition coefficient (Wildman–Crippen LogP) is 1.58. The molecule has 60 valence electrons. The van der Waals surface area contributed by atoms with Crippen LogP contribution in [0.2, 0.25) is 0 Å². The van der Waals surface area contributed by atoms with Crippen molar-refractivity contribution in [2.24, 2.45) is 0 Å². The van der Waals surface area contributed by atoms with Crippen LogP contribution in [-0.2, 0) is 4.74 Å². The molecule has 1 fully saturated rings. The van der Waals surface area contributed by atoms with E-state index in [1.54, 1.807) is 0 Å². The topological polar surface area (TPSA) is 9.23 Å². The van der Waals surface area contributed by atoms with Crippen LogP contribution in [0.5, 0.6) is 0 Å². The Morgan fingerprint density at radius 1 is 1.10 bits per heavy atom. The third-order valence-electron chi connectivity index (χ3n) is 1.14. The molecule has 3 atom stereocenters. The van der Waals surface area contributed by atoms with Gasteiger partial charge >= 0.3 is 6.18 Å². The van der Waals surface area contributed by atoms with Crippen LogP contribution in [0.1, 0.15) is 0 Å². The van der Waals surface area contributed by atoms with Gasteiger partial charge in [-0.25, -0.2) is 8.78 Å². The SMILES string of the molecule is F[C@H]1[C@H](F)O[C@@H]1C(F)(F)F. The van der Waals surface area contributed by atoms with Gasteiger partial charge in [-0.2, -0.15) is 13.2 Å². The van der Waals surface area contributed by atoms with E-state index in [4.69, 9.17) is 0 Å². The van der Waals surface area contributed by atoms with Crippen molar-refractivity contribution in [1.29, 1.82) is 0 Å². The fourth-order valence-corrected chi connectivity index (χ4v) is 0.596. The third kappa shape index (κ3) is 1.07. The van der Waals surface area contributed by atoms with Crippen LogP contribution in [0.25, 0.3) is 0 Å². The molecule has 0 N–H and O–H groups in total. The Kier molecular flexibility index (Phi) is 1.58. The number of hydrogen-bond acceptors (Lipinski definition) is 1. The fraction of sp³-hybridized carbons (Fsp3) is 1.00. The summed E-state index contributed by atoms with van der Waals surface area (Å²) in [4.78, 5) is 0. The Bertz CT molecular complexity index is 132. The highest BCUT2D eigenvalue weighted by atomic mass is 19.4. The van der Waals surface area contributed by atoms with Gasteiger partial charge in [-0.05, 0) is 0 Å². The van der Waals surface area contributed by atoms with E-state index in [0.717, 1.165) is 0 Å². The summed E-state index contributed by atoms with van der Waals surface area (Å²) in [5, 5.41) is 0. The average molecular weight is 162 g/mol. The van der Waals surface area contributed by atoms with Gasteiger partial charge in [0.1, 0.15) is 0 Å². The summed E-state index contributed by atoms with van der Waals surface area (Å²) >= 11 is 0.